The number of benzene rings is 2. The Bertz CT molecular complexity index is 1680. The summed E-state index contributed by atoms with van der Waals surface area (Å²) in [5.74, 6) is 2.21. The molecule has 2 aromatic heterocycles. The van der Waals surface area contributed by atoms with E-state index >= 15 is 0 Å². The molecule has 2 aromatic carbocycles. The van der Waals surface area contributed by atoms with E-state index in [2.05, 4.69) is 82.1 Å². The number of anilines is 6. The maximum absolute atomic E-state index is 12.2. The first-order valence-electron chi connectivity index (χ1n) is 13.4. The predicted molar refractivity (Wildman–Crippen MR) is 167 cm³/mol. The van der Waals surface area contributed by atoms with Gasteiger partial charge in [0.15, 0.2) is 0 Å². The molecule has 1 saturated heterocycles. The molecule has 11 nitrogen and oxygen atoms in total. The quantitative estimate of drug-likeness (QED) is 0.204. The maximum atomic E-state index is 12.2. The monoisotopic (exact) mass is 640 g/mol. The molecule has 0 bridgehead atoms. The van der Waals surface area contributed by atoms with E-state index in [0.29, 0.717) is 38.7 Å². The molecule has 0 atom stereocenters. The van der Waals surface area contributed by atoms with E-state index in [0.717, 1.165) is 37.4 Å². The Morgan fingerprint density at radius 2 is 1.83 bits per heavy atom. The predicted octanol–water partition coefficient (Wildman–Crippen LogP) is 5.85. The first kappa shape index (κ1) is 28.8. The molecule has 0 saturated carbocycles. The van der Waals surface area contributed by atoms with Crippen molar-refractivity contribution >= 4 is 71.5 Å². The zero-order valence-corrected chi connectivity index (χ0v) is 25.8. The molecular weight excluding hydrogens is 608 g/mol. The number of rotatable bonds is 9. The summed E-state index contributed by atoms with van der Waals surface area (Å²) in [5.41, 5.74) is 4.86. The van der Waals surface area contributed by atoms with E-state index in [1.54, 1.807) is 31.6 Å². The van der Waals surface area contributed by atoms with Crippen LogP contribution in [0.25, 0.3) is 11.0 Å². The zero-order valence-electron chi connectivity index (χ0n) is 23.4. The molecule has 1 aliphatic rings. The summed E-state index contributed by atoms with van der Waals surface area (Å²) < 4.78 is 33.3. The van der Waals surface area contributed by atoms with Gasteiger partial charge in [0.05, 0.1) is 40.4 Å². The number of hydrogen-bond donors (Lipinski definition) is 3. The second-order valence-corrected chi connectivity index (χ2v) is 12.7. The van der Waals surface area contributed by atoms with Gasteiger partial charge in [-0.25, -0.2) is 13.4 Å². The minimum absolute atomic E-state index is 0.273. The molecule has 1 fully saturated rings. The number of aromatic nitrogens is 4. The maximum Gasteiger partial charge on any atom is 0.229 e. The topological polar surface area (TPSA) is 134 Å². The van der Waals surface area contributed by atoms with Crippen molar-refractivity contribution < 1.29 is 13.2 Å². The van der Waals surface area contributed by atoms with Gasteiger partial charge in [-0.05, 0) is 64.9 Å². The van der Waals surface area contributed by atoms with Crippen molar-refractivity contribution in [2.24, 2.45) is 5.92 Å². The Balaban J connectivity index is 1.47. The highest BCUT2D eigenvalue weighted by Crippen LogP contribution is 2.38. The number of methoxy groups -OCH3 is 1. The summed E-state index contributed by atoms with van der Waals surface area (Å²) in [5, 5.41) is 6.53. The fraction of sp³-hybridized carbons (Fsp3) is 0.357. The molecule has 4 aromatic rings. The molecule has 0 aliphatic carbocycles. The Morgan fingerprint density at radius 1 is 1.07 bits per heavy atom. The third-order valence-corrected chi connectivity index (χ3v) is 8.23. The van der Waals surface area contributed by atoms with E-state index in [-0.39, 0.29) is 5.69 Å². The number of piperidine rings is 1. The van der Waals surface area contributed by atoms with Gasteiger partial charge in [-0.3, -0.25) is 14.7 Å². The number of fused-ring (bicyclic) bond motifs is 1. The van der Waals surface area contributed by atoms with E-state index in [4.69, 9.17) is 4.74 Å². The normalized spacial score (nSPS) is 14.2. The second-order valence-electron chi connectivity index (χ2n) is 10.1. The average molecular weight is 642 g/mol. The Kier molecular flexibility index (Phi) is 8.45. The number of aryl methyl sites for hydroxylation is 1. The highest BCUT2D eigenvalue weighted by atomic mass is 79.9. The zero-order chi connectivity index (χ0) is 29.1. The van der Waals surface area contributed by atoms with Gasteiger partial charge in [0.1, 0.15) is 17.1 Å². The smallest absolute Gasteiger partial charge is 0.229 e. The highest BCUT2D eigenvalue weighted by Gasteiger charge is 2.21. The van der Waals surface area contributed by atoms with Crippen LogP contribution in [0, 0.1) is 5.92 Å². The number of ether oxygens (including phenoxy) is 1. The third-order valence-electron chi connectivity index (χ3n) is 7.08. The van der Waals surface area contributed by atoms with Crippen LogP contribution in [-0.2, 0) is 16.4 Å². The largest absolute Gasteiger partial charge is 0.494 e. The van der Waals surface area contributed by atoms with Crippen LogP contribution in [0.15, 0.2) is 47.3 Å². The molecule has 0 spiro atoms. The summed E-state index contributed by atoms with van der Waals surface area (Å²) in [6.45, 7) is 6.52. The van der Waals surface area contributed by atoms with E-state index in [9.17, 15) is 8.42 Å². The molecule has 0 unspecified atom stereocenters. The van der Waals surface area contributed by atoms with Gasteiger partial charge in [-0.1, -0.05) is 13.8 Å². The lowest BCUT2D eigenvalue weighted by molar-refractivity contribution is 0.415. The number of sulfonamides is 1. The lowest BCUT2D eigenvalue weighted by Gasteiger charge is -2.34. The van der Waals surface area contributed by atoms with E-state index in [1.165, 1.54) is 30.3 Å². The Hall–Kier alpha value is -3.71. The number of hydrogen-bond acceptors (Lipinski definition) is 10. The van der Waals surface area contributed by atoms with Crippen molar-refractivity contribution in [1.29, 1.82) is 0 Å². The second kappa shape index (κ2) is 12.0. The Morgan fingerprint density at radius 3 is 2.54 bits per heavy atom. The average Bonchev–Trinajstić information content (AvgIpc) is 2.95. The highest BCUT2D eigenvalue weighted by molar-refractivity contribution is 9.10. The van der Waals surface area contributed by atoms with Gasteiger partial charge in [-0.15, -0.1) is 0 Å². The van der Waals surface area contributed by atoms with Crippen LogP contribution < -0.4 is 25.0 Å². The van der Waals surface area contributed by atoms with Crippen molar-refractivity contribution in [1.82, 2.24) is 19.9 Å². The molecule has 3 N–H and O–H groups in total. The summed E-state index contributed by atoms with van der Waals surface area (Å²) >= 11 is 3.51. The number of nitrogens with one attached hydrogen (secondary N) is 3. The van der Waals surface area contributed by atoms with Crippen molar-refractivity contribution in [3.8, 4) is 5.75 Å². The van der Waals surface area contributed by atoms with Crippen LogP contribution in [0.2, 0.25) is 0 Å². The number of halogens is 1. The molecule has 1 aliphatic heterocycles. The molecule has 3 heterocycles. The van der Waals surface area contributed by atoms with Crippen LogP contribution in [-0.4, -0.2) is 54.8 Å². The molecule has 13 heteroatoms. The first-order chi connectivity index (χ1) is 19.6. The minimum Gasteiger partial charge on any atom is -0.494 e. The van der Waals surface area contributed by atoms with E-state index < -0.39 is 10.0 Å². The van der Waals surface area contributed by atoms with Crippen molar-refractivity contribution in [3.05, 3.63) is 52.9 Å². The Labute approximate surface area is 248 Å². The molecule has 0 radical (unpaired) electrons. The summed E-state index contributed by atoms with van der Waals surface area (Å²) in [6, 6.07) is 7.67. The van der Waals surface area contributed by atoms with Gasteiger partial charge in [0.2, 0.25) is 16.0 Å². The number of nitrogens with zero attached hydrogens (tertiary/aromatic N) is 5. The van der Waals surface area contributed by atoms with E-state index in [1.807, 2.05) is 0 Å². The van der Waals surface area contributed by atoms with Crippen molar-refractivity contribution in [2.75, 3.05) is 46.7 Å². The SMILES string of the molecule is CCc1cc(Nc2ncc(Br)c(Nc3ccc4nccnc4c3NS(C)(=O)=O)n2)c(OC)cc1N1CCC(C)CC1. The standard InChI is InChI=1S/C28H33BrN8O3S/c1-5-18-14-22(24(40-3)15-23(18)37-12-8-17(2)9-13-37)34-28-32-16-19(29)27(35-28)33-21-7-6-20-25(31-11-10-30-20)26(21)36-41(4,38)39/h6-7,10-11,14-17,36H,5,8-9,12-13H2,1-4H3,(H2,32,33,34,35). The van der Waals surface area contributed by atoms with Gasteiger partial charge in [0, 0.05) is 43.4 Å². The minimum atomic E-state index is -3.60. The van der Waals surface area contributed by atoms with Crippen molar-refractivity contribution in [3.63, 3.8) is 0 Å². The lowest BCUT2D eigenvalue weighted by atomic mass is 9.97. The fourth-order valence-corrected chi connectivity index (χ4v) is 5.77. The summed E-state index contributed by atoms with van der Waals surface area (Å²) in [7, 11) is -1.95. The molecular formula is C28H33BrN8O3S. The molecule has 0 amide bonds. The van der Waals surface area contributed by atoms with Gasteiger partial charge in [0.25, 0.3) is 0 Å². The summed E-state index contributed by atoms with van der Waals surface area (Å²) in [4.78, 5) is 20.2. The van der Waals surface area contributed by atoms with Crippen LogP contribution in [0.3, 0.4) is 0 Å². The third kappa shape index (κ3) is 6.62. The molecule has 5 rings (SSSR count). The van der Waals surface area contributed by atoms with Crippen LogP contribution in [0.1, 0.15) is 32.3 Å². The summed E-state index contributed by atoms with van der Waals surface area (Å²) in [6.07, 6.45) is 9.00. The molecule has 41 heavy (non-hydrogen) atoms. The van der Waals surface area contributed by atoms with Gasteiger partial charge in [-0.2, -0.15) is 4.98 Å². The lowest BCUT2D eigenvalue weighted by Crippen LogP contribution is -2.33. The first-order valence-corrected chi connectivity index (χ1v) is 16.1. The fourth-order valence-electron chi connectivity index (χ4n) is 4.90. The van der Waals surface area contributed by atoms with Gasteiger partial charge >= 0.3 is 0 Å². The molecule has 216 valence electrons. The van der Waals surface area contributed by atoms with Crippen LogP contribution in [0.4, 0.5) is 34.5 Å². The van der Waals surface area contributed by atoms with Crippen molar-refractivity contribution in [2.45, 2.75) is 33.1 Å². The van der Waals surface area contributed by atoms with Gasteiger partial charge < -0.3 is 20.3 Å². The van der Waals surface area contributed by atoms with Crippen LogP contribution >= 0.6 is 15.9 Å². The van der Waals surface area contributed by atoms with Crippen LogP contribution in [0.5, 0.6) is 5.75 Å².